The summed E-state index contributed by atoms with van der Waals surface area (Å²) in [7, 11) is 0. The van der Waals surface area contributed by atoms with Gasteiger partial charge in [0.1, 0.15) is 0 Å². The van der Waals surface area contributed by atoms with E-state index in [9.17, 15) is 0 Å². The van der Waals surface area contributed by atoms with Crippen LogP contribution in [-0.2, 0) is 6.54 Å². The summed E-state index contributed by atoms with van der Waals surface area (Å²) in [6.07, 6.45) is 1.91. The van der Waals surface area contributed by atoms with E-state index >= 15 is 0 Å². The van der Waals surface area contributed by atoms with E-state index in [1.807, 2.05) is 6.20 Å². The van der Waals surface area contributed by atoms with Crippen molar-refractivity contribution in [2.24, 2.45) is 5.41 Å². The van der Waals surface area contributed by atoms with Gasteiger partial charge in [0.25, 0.3) is 0 Å². The van der Waals surface area contributed by atoms with Crippen molar-refractivity contribution in [1.82, 2.24) is 9.88 Å². The first-order valence-corrected chi connectivity index (χ1v) is 6.42. The topological polar surface area (TPSA) is 16.1 Å². The summed E-state index contributed by atoms with van der Waals surface area (Å²) >= 11 is 0. The van der Waals surface area contributed by atoms with Gasteiger partial charge in [-0.05, 0) is 37.8 Å². The van der Waals surface area contributed by atoms with E-state index in [0.29, 0.717) is 6.04 Å². The summed E-state index contributed by atoms with van der Waals surface area (Å²) in [5, 5.41) is 0. The summed E-state index contributed by atoms with van der Waals surface area (Å²) < 4.78 is 0. The summed E-state index contributed by atoms with van der Waals surface area (Å²) in [5.74, 6) is 0. The van der Waals surface area contributed by atoms with E-state index in [1.165, 1.54) is 11.3 Å². The van der Waals surface area contributed by atoms with Gasteiger partial charge in [-0.2, -0.15) is 0 Å². The van der Waals surface area contributed by atoms with Crippen LogP contribution >= 0.6 is 0 Å². The highest BCUT2D eigenvalue weighted by Gasteiger charge is 2.43. The van der Waals surface area contributed by atoms with E-state index in [-0.39, 0.29) is 11.0 Å². The normalized spacial score (nSPS) is 21.6. The fourth-order valence-electron chi connectivity index (χ4n) is 2.81. The number of hydrogen-bond donors (Lipinski definition) is 0. The molecule has 1 aliphatic heterocycles. The van der Waals surface area contributed by atoms with Crippen molar-refractivity contribution in [1.29, 1.82) is 0 Å². The van der Waals surface area contributed by atoms with Crippen LogP contribution in [0.2, 0.25) is 0 Å². The third kappa shape index (κ3) is 2.23. The van der Waals surface area contributed by atoms with E-state index in [4.69, 9.17) is 0 Å². The number of nitrogens with zero attached hydrogens (tertiary/aromatic N) is 2. The minimum absolute atomic E-state index is 0.179. The molecule has 0 spiro atoms. The molecule has 0 fully saturated rings. The second kappa shape index (κ2) is 3.81. The van der Waals surface area contributed by atoms with E-state index in [0.717, 1.165) is 6.54 Å². The molecule has 2 heterocycles. The lowest BCUT2D eigenvalue weighted by atomic mass is 9.81. The maximum atomic E-state index is 4.55. The fraction of sp³-hybridized carbons (Fsp3) is 0.667. The number of rotatable bonds is 0. The molecule has 0 saturated carbocycles. The van der Waals surface area contributed by atoms with Gasteiger partial charge in [-0.3, -0.25) is 9.88 Å². The molecule has 1 aromatic rings. The average Bonchev–Trinajstić information content (AvgIpc) is 2.54. The molecule has 2 rings (SSSR count). The summed E-state index contributed by atoms with van der Waals surface area (Å²) in [5.41, 5.74) is 3.08. The van der Waals surface area contributed by atoms with Gasteiger partial charge in [-0.15, -0.1) is 0 Å². The molecule has 1 atom stereocenters. The number of hydrogen-bond acceptors (Lipinski definition) is 2. The fourth-order valence-corrected chi connectivity index (χ4v) is 2.81. The summed E-state index contributed by atoms with van der Waals surface area (Å²) in [6, 6.07) is 4.76. The molecule has 0 amide bonds. The highest BCUT2D eigenvalue weighted by atomic mass is 15.2. The third-order valence-electron chi connectivity index (χ3n) is 3.53. The minimum Gasteiger partial charge on any atom is -0.285 e. The number of fused-ring (bicyclic) bond motifs is 1. The summed E-state index contributed by atoms with van der Waals surface area (Å²) in [6.45, 7) is 14.8. The molecule has 1 unspecified atom stereocenters. The van der Waals surface area contributed by atoms with Crippen LogP contribution in [0, 0.1) is 5.41 Å². The van der Waals surface area contributed by atoms with E-state index in [2.05, 4.69) is 63.6 Å². The molecule has 0 N–H and O–H groups in total. The lowest BCUT2D eigenvalue weighted by Crippen LogP contribution is -2.44. The smallest absolute Gasteiger partial charge is 0.0592 e. The Morgan fingerprint density at radius 3 is 2.35 bits per heavy atom. The lowest BCUT2D eigenvalue weighted by molar-refractivity contribution is 0.0305. The zero-order valence-corrected chi connectivity index (χ0v) is 11.9. The van der Waals surface area contributed by atoms with Crippen LogP contribution in [0.4, 0.5) is 0 Å². The first-order chi connectivity index (χ1) is 7.71. The summed E-state index contributed by atoms with van der Waals surface area (Å²) in [4.78, 5) is 7.12. The van der Waals surface area contributed by atoms with Crippen molar-refractivity contribution < 1.29 is 0 Å². The predicted octanol–water partition coefficient (Wildman–Crippen LogP) is 3.78. The molecule has 0 saturated heterocycles. The van der Waals surface area contributed by atoms with Crippen LogP contribution < -0.4 is 0 Å². The Bertz CT molecular complexity index is 410. The molecule has 2 heteroatoms. The van der Waals surface area contributed by atoms with Gasteiger partial charge < -0.3 is 0 Å². The van der Waals surface area contributed by atoms with Crippen molar-refractivity contribution in [3.8, 4) is 0 Å². The van der Waals surface area contributed by atoms with Crippen molar-refractivity contribution in [2.75, 3.05) is 0 Å². The SMILES string of the molecule is CC(C)(C)C1c2cccnc2CN1C(C)(C)C. The Morgan fingerprint density at radius 2 is 1.82 bits per heavy atom. The van der Waals surface area contributed by atoms with Crippen molar-refractivity contribution in [3.63, 3.8) is 0 Å². The zero-order valence-electron chi connectivity index (χ0n) is 11.9. The molecule has 17 heavy (non-hydrogen) atoms. The second-order valence-corrected chi connectivity index (χ2v) is 7.11. The lowest BCUT2D eigenvalue weighted by Gasteiger charge is -2.43. The van der Waals surface area contributed by atoms with Gasteiger partial charge in [0.2, 0.25) is 0 Å². The van der Waals surface area contributed by atoms with Crippen LogP contribution in [0.1, 0.15) is 58.8 Å². The maximum absolute atomic E-state index is 4.55. The van der Waals surface area contributed by atoms with Gasteiger partial charge >= 0.3 is 0 Å². The standard InChI is InChI=1S/C15H24N2/c1-14(2,3)13-11-8-7-9-16-12(11)10-17(13)15(4,5)6/h7-9,13H,10H2,1-6H3. The van der Waals surface area contributed by atoms with Crippen molar-refractivity contribution in [2.45, 2.75) is 59.7 Å². The molecule has 1 aliphatic rings. The average molecular weight is 232 g/mol. The maximum Gasteiger partial charge on any atom is 0.0592 e. The molecule has 2 nitrogen and oxygen atoms in total. The van der Waals surface area contributed by atoms with Gasteiger partial charge in [-0.1, -0.05) is 26.8 Å². The third-order valence-corrected chi connectivity index (χ3v) is 3.53. The Hall–Kier alpha value is -0.890. The molecule has 94 valence electrons. The molecule has 0 bridgehead atoms. The first kappa shape index (κ1) is 12.6. The molecular weight excluding hydrogens is 208 g/mol. The molecule has 0 aliphatic carbocycles. The van der Waals surface area contributed by atoms with Crippen LogP contribution in [0.25, 0.3) is 0 Å². The van der Waals surface area contributed by atoms with Gasteiger partial charge in [-0.25, -0.2) is 0 Å². The largest absolute Gasteiger partial charge is 0.285 e. The Balaban J connectivity index is 2.48. The molecule has 0 radical (unpaired) electrons. The first-order valence-electron chi connectivity index (χ1n) is 6.42. The highest BCUT2D eigenvalue weighted by molar-refractivity contribution is 5.30. The van der Waals surface area contributed by atoms with E-state index < -0.39 is 0 Å². The van der Waals surface area contributed by atoms with E-state index in [1.54, 1.807) is 0 Å². The molecular formula is C15H24N2. The Morgan fingerprint density at radius 1 is 1.18 bits per heavy atom. The highest BCUT2D eigenvalue weighted by Crippen LogP contribution is 2.47. The van der Waals surface area contributed by atoms with Crippen LogP contribution in [0.3, 0.4) is 0 Å². The Kier molecular flexibility index (Phi) is 2.81. The number of aromatic nitrogens is 1. The van der Waals surface area contributed by atoms with Crippen LogP contribution in [0.5, 0.6) is 0 Å². The Labute approximate surface area is 105 Å². The molecule has 0 aromatic carbocycles. The monoisotopic (exact) mass is 232 g/mol. The second-order valence-electron chi connectivity index (χ2n) is 7.11. The minimum atomic E-state index is 0.179. The van der Waals surface area contributed by atoms with Gasteiger partial charge in [0, 0.05) is 24.3 Å². The van der Waals surface area contributed by atoms with Gasteiger partial charge in [0.05, 0.1) is 5.69 Å². The predicted molar refractivity (Wildman–Crippen MR) is 71.7 cm³/mol. The zero-order chi connectivity index (χ0) is 12.8. The quantitative estimate of drug-likeness (QED) is 0.676. The van der Waals surface area contributed by atoms with Crippen molar-refractivity contribution >= 4 is 0 Å². The van der Waals surface area contributed by atoms with Crippen LogP contribution in [0.15, 0.2) is 18.3 Å². The van der Waals surface area contributed by atoms with Crippen molar-refractivity contribution in [3.05, 3.63) is 29.6 Å². The van der Waals surface area contributed by atoms with Crippen LogP contribution in [-0.4, -0.2) is 15.4 Å². The van der Waals surface area contributed by atoms with Gasteiger partial charge in [0.15, 0.2) is 0 Å². The molecule has 1 aromatic heterocycles. The number of pyridine rings is 1.